The first kappa shape index (κ1) is 31.7. The van der Waals surface area contributed by atoms with Crippen molar-refractivity contribution in [2.45, 2.75) is 48.7 Å². The van der Waals surface area contributed by atoms with Crippen LogP contribution in [-0.2, 0) is 14.2 Å². The van der Waals surface area contributed by atoms with E-state index in [-0.39, 0.29) is 39.5 Å². The van der Waals surface area contributed by atoms with E-state index in [2.05, 4.69) is 0 Å². The van der Waals surface area contributed by atoms with Crippen molar-refractivity contribution in [2.75, 3.05) is 34.0 Å². The summed E-state index contributed by atoms with van der Waals surface area (Å²) in [6, 6.07) is 6.64. The fraction of sp³-hybridized carbons (Fsp3) is 0.464. The maximum Gasteiger partial charge on any atom is 0.238 e. The molecular weight excluding hydrogens is 592 g/mol. The van der Waals surface area contributed by atoms with Gasteiger partial charge in [-0.25, -0.2) is 0 Å². The largest absolute Gasteiger partial charge is 0.507 e. The second kappa shape index (κ2) is 12.4. The van der Waals surface area contributed by atoms with Gasteiger partial charge in [0.2, 0.25) is 17.5 Å². The van der Waals surface area contributed by atoms with Crippen LogP contribution >= 0.6 is 0 Å². The molecule has 0 radical (unpaired) electrons. The van der Waals surface area contributed by atoms with Crippen molar-refractivity contribution in [1.82, 2.24) is 0 Å². The molecule has 2 aromatic carbocycles. The van der Waals surface area contributed by atoms with Gasteiger partial charge in [-0.05, 0) is 18.2 Å². The van der Waals surface area contributed by atoms with Crippen LogP contribution in [0, 0.1) is 0 Å². The third kappa shape index (κ3) is 5.51. The second-order valence-electron chi connectivity index (χ2n) is 10.3. The zero-order valence-electron chi connectivity index (χ0n) is 23.4. The number of fused-ring (bicyclic) bond motifs is 1. The third-order valence-corrected chi connectivity index (χ3v) is 7.52. The fourth-order valence-electron chi connectivity index (χ4n) is 4.97. The van der Waals surface area contributed by atoms with E-state index >= 15 is 0 Å². The van der Waals surface area contributed by atoms with Gasteiger partial charge in [-0.2, -0.15) is 0 Å². The minimum absolute atomic E-state index is 0.00783. The molecule has 0 bridgehead atoms. The van der Waals surface area contributed by atoms with E-state index in [1.165, 1.54) is 44.6 Å². The molecule has 16 nitrogen and oxygen atoms in total. The Morgan fingerprint density at radius 3 is 2.36 bits per heavy atom. The van der Waals surface area contributed by atoms with Crippen LogP contribution < -0.4 is 19.6 Å². The van der Waals surface area contributed by atoms with Crippen LogP contribution in [0.3, 0.4) is 0 Å². The number of phenolic OH excluding ortho intramolecular Hbond substituents is 1. The van der Waals surface area contributed by atoms with Crippen molar-refractivity contribution in [3.63, 3.8) is 0 Å². The maximum atomic E-state index is 12.9. The lowest BCUT2D eigenvalue weighted by Gasteiger charge is -2.42. The standard InChI is InChI=1S/C28H32O16/c1-38-12-6-13(31)18-16(7-12)41-23(22(35)20(18)33)11-3-4-14(15(5-11)39-2)42-26-24(21(34)19(32)17(8-29)43-26)44-27-25(36)28(37,9-30)10-40-27/h3-7,17,19,21,24-27,29-32,34-37H,8-10H2,1-2H3/t17-,19-,21+,24-,25+,26+,27+,28-/m1/s1. The first-order valence-corrected chi connectivity index (χ1v) is 13.3. The van der Waals surface area contributed by atoms with Crippen molar-refractivity contribution in [3.05, 3.63) is 40.6 Å². The van der Waals surface area contributed by atoms with E-state index in [9.17, 15) is 45.6 Å². The molecule has 5 rings (SSSR count). The molecule has 0 saturated carbocycles. The zero-order valence-corrected chi connectivity index (χ0v) is 23.4. The quantitative estimate of drug-likeness (QED) is 0.135. The molecule has 8 N–H and O–H groups in total. The fourth-order valence-corrected chi connectivity index (χ4v) is 4.97. The number of hydrogen-bond donors (Lipinski definition) is 8. The molecule has 3 aromatic rings. The summed E-state index contributed by atoms with van der Waals surface area (Å²) in [5.41, 5.74) is -2.86. The van der Waals surface area contributed by atoms with Crippen molar-refractivity contribution in [3.8, 4) is 40.1 Å². The molecule has 2 fully saturated rings. The number of aliphatic hydroxyl groups is 6. The molecule has 8 atom stereocenters. The Morgan fingerprint density at radius 2 is 1.73 bits per heavy atom. The number of phenols is 1. The number of aromatic hydroxyl groups is 2. The summed E-state index contributed by atoms with van der Waals surface area (Å²) in [5.74, 6) is -1.34. The summed E-state index contributed by atoms with van der Waals surface area (Å²) in [4.78, 5) is 12.9. The molecule has 0 spiro atoms. The molecule has 2 aliphatic heterocycles. The molecule has 0 aliphatic carbocycles. The van der Waals surface area contributed by atoms with Crippen molar-refractivity contribution < 1.29 is 73.7 Å². The Balaban J connectivity index is 1.48. The predicted molar refractivity (Wildman–Crippen MR) is 145 cm³/mol. The molecular formula is C28H32O16. The monoisotopic (exact) mass is 624 g/mol. The van der Waals surface area contributed by atoms with Gasteiger partial charge in [0.05, 0.1) is 34.0 Å². The third-order valence-electron chi connectivity index (χ3n) is 7.52. The number of hydrogen-bond acceptors (Lipinski definition) is 16. The van der Waals surface area contributed by atoms with E-state index in [0.717, 1.165) is 0 Å². The van der Waals surface area contributed by atoms with Crippen LogP contribution in [0.1, 0.15) is 0 Å². The smallest absolute Gasteiger partial charge is 0.238 e. The number of rotatable bonds is 9. The highest BCUT2D eigenvalue weighted by Crippen LogP contribution is 2.40. The highest BCUT2D eigenvalue weighted by molar-refractivity contribution is 5.88. The highest BCUT2D eigenvalue weighted by Gasteiger charge is 2.53. The minimum Gasteiger partial charge on any atom is -0.507 e. The number of methoxy groups -OCH3 is 2. The molecule has 16 heteroatoms. The lowest BCUT2D eigenvalue weighted by molar-refractivity contribution is -0.319. The maximum absolute atomic E-state index is 12.9. The summed E-state index contributed by atoms with van der Waals surface area (Å²) >= 11 is 0. The lowest BCUT2D eigenvalue weighted by Crippen LogP contribution is -2.62. The van der Waals surface area contributed by atoms with Crippen LogP contribution in [-0.4, -0.2) is 124 Å². The molecule has 1 aromatic heterocycles. The Labute approximate surface area is 248 Å². The average Bonchev–Trinajstić information content (AvgIpc) is 3.31. The van der Waals surface area contributed by atoms with Crippen LogP contribution in [0.15, 0.2) is 39.5 Å². The summed E-state index contributed by atoms with van der Waals surface area (Å²) in [5, 5.41) is 81.7. The summed E-state index contributed by atoms with van der Waals surface area (Å²) in [6.07, 6.45) is -11.2. The van der Waals surface area contributed by atoms with Crippen LogP contribution in [0.5, 0.6) is 28.7 Å². The molecule has 0 amide bonds. The van der Waals surface area contributed by atoms with Gasteiger partial charge in [0.1, 0.15) is 52.5 Å². The Kier molecular flexibility index (Phi) is 8.90. The minimum atomic E-state index is -2.04. The average molecular weight is 625 g/mol. The van der Waals surface area contributed by atoms with Gasteiger partial charge in [-0.15, -0.1) is 0 Å². The Bertz CT molecular complexity index is 1560. The van der Waals surface area contributed by atoms with Gasteiger partial charge in [-0.1, -0.05) is 0 Å². The summed E-state index contributed by atoms with van der Waals surface area (Å²) in [6.45, 7) is -2.06. The van der Waals surface area contributed by atoms with Crippen LogP contribution in [0.4, 0.5) is 0 Å². The molecule has 3 heterocycles. The van der Waals surface area contributed by atoms with Gasteiger partial charge in [0.25, 0.3) is 0 Å². The SMILES string of the molecule is COc1cc(O)c2c(=O)c(O)c(-c3ccc(O[C@H]4O[C@H](CO)[C@@H](O)[C@H](O)[C@H]4O[C@@H]4OC[C@](O)(CO)[C@H]4O)c(OC)c3)oc2c1. The first-order chi connectivity index (χ1) is 21.0. The Morgan fingerprint density at radius 1 is 0.977 bits per heavy atom. The Hall–Kier alpha value is -3.71. The molecule has 240 valence electrons. The van der Waals surface area contributed by atoms with Crippen molar-refractivity contribution in [2.24, 2.45) is 0 Å². The summed E-state index contributed by atoms with van der Waals surface area (Å²) < 4.78 is 38.7. The van der Waals surface area contributed by atoms with E-state index in [1.807, 2.05) is 0 Å². The van der Waals surface area contributed by atoms with Crippen molar-refractivity contribution in [1.29, 1.82) is 0 Å². The lowest BCUT2D eigenvalue weighted by atomic mass is 9.98. The predicted octanol–water partition coefficient (Wildman–Crippen LogP) is -1.47. The van der Waals surface area contributed by atoms with E-state index < -0.39 is 85.4 Å². The van der Waals surface area contributed by atoms with Crippen molar-refractivity contribution >= 4 is 11.0 Å². The van der Waals surface area contributed by atoms with Gasteiger partial charge in [-0.3, -0.25) is 4.79 Å². The first-order valence-electron chi connectivity index (χ1n) is 13.3. The number of ether oxygens (including phenoxy) is 6. The van der Waals surface area contributed by atoms with Crippen LogP contribution in [0.25, 0.3) is 22.3 Å². The molecule has 44 heavy (non-hydrogen) atoms. The zero-order chi connectivity index (χ0) is 31.9. The molecule has 2 saturated heterocycles. The van der Waals surface area contributed by atoms with E-state index in [0.29, 0.717) is 0 Å². The van der Waals surface area contributed by atoms with E-state index in [4.69, 9.17) is 32.8 Å². The van der Waals surface area contributed by atoms with Gasteiger partial charge in [0, 0.05) is 17.7 Å². The summed E-state index contributed by atoms with van der Waals surface area (Å²) in [7, 11) is 2.64. The highest BCUT2D eigenvalue weighted by atomic mass is 16.8. The number of aliphatic hydroxyl groups excluding tert-OH is 5. The number of benzene rings is 2. The van der Waals surface area contributed by atoms with Gasteiger partial charge in [0.15, 0.2) is 29.7 Å². The van der Waals surface area contributed by atoms with Crippen LogP contribution in [0.2, 0.25) is 0 Å². The van der Waals surface area contributed by atoms with E-state index in [1.54, 1.807) is 0 Å². The molecule has 2 aliphatic rings. The second-order valence-corrected chi connectivity index (χ2v) is 10.3. The van der Waals surface area contributed by atoms with Gasteiger partial charge < -0.3 is 73.7 Å². The normalized spacial score (nSPS) is 30.4. The van der Waals surface area contributed by atoms with Gasteiger partial charge >= 0.3 is 0 Å². The molecule has 0 unspecified atom stereocenters. The topological polar surface area (TPSA) is 247 Å².